The first-order chi connectivity index (χ1) is 8.78. The van der Waals surface area contributed by atoms with Gasteiger partial charge in [0.05, 0.1) is 0 Å². The number of aliphatic carboxylic acids is 1. The van der Waals surface area contributed by atoms with Crippen molar-refractivity contribution >= 4 is 5.97 Å². The highest BCUT2D eigenvalue weighted by molar-refractivity contribution is 5.66. The van der Waals surface area contributed by atoms with E-state index < -0.39 is 23.9 Å². The molecule has 0 atom stereocenters. The number of carboxylic acid groups (broad SMARTS) is 1. The second kappa shape index (κ2) is 6.40. The van der Waals surface area contributed by atoms with Crippen molar-refractivity contribution in [1.82, 2.24) is 0 Å². The molecule has 0 aliphatic rings. The van der Waals surface area contributed by atoms with Crippen molar-refractivity contribution in [3.63, 3.8) is 0 Å². The Hall–Kier alpha value is -1.79. The molecule has 106 valence electrons. The van der Waals surface area contributed by atoms with Gasteiger partial charge in [0.15, 0.2) is 0 Å². The van der Waals surface area contributed by atoms with Crippen LogP contribution >= 0.6 is 0 Å². The van der Waals surface area contributed by atoms with Gasteiger partial charge in [-0.3, -0.25) is 4.79 Å². The molecule has 0 fully saturated rings. The summed E-state index contributed by atoms with van der Waals surface area (Å²) < 4.78 is 53.0. The molecule has 0 radical (unpaired) electrons. The molecule has 1 N–H and O–H groups in total. The van der Waals surface area contributed by atoms with Crippen molar-refractivity contribution in [3.05, 3.63) is 29.6 Å². The zero-order valence-electron chi connectivity index (χ0n) is 9.84. The van der Waals surface area contributed by atoms with Gasteiger partial charge < -0.3 is 9.84 Å². The molecule has 19 heavy (non-hydrogen) atoms. The Balaban J connectivity index is 2.61. The Morgan fingerprint density at radius 3 is 2.53 bits per heavy atom. The molecule has 1 aromatic carbocycles. The maximum absolute atomic E-state index is 13.3. The molecule has 0 aliphatic heterocycles. The van der Waals surface area contributed by atoms with E-state index in [9.17, 15) is 22.4 Å². The topological polar surface area (TPSA) is 46.5 Å². The van der Waals surface area contributed by atoms with Crippen molar-refractivity contribution in [1.29, 1.82) is 0 Å². The highest BCUT2D eigenvalue weighted by atomic mass is 19.4. The summed E-state index contributed by atoms with van der Waals surface area (Å²) >= 11 is 0. The van der Waals surface area contributed by atoms with Gasteiger partial charge in [0.25, 0.3) is 0 Å². The summed E-state index contributed by atoms with van der Waals surface area (Å²) in [4.78, 5) is 10.3. The van der Waals surface area contributed by atoms with Gasteiger partial charge >= 0.3 is 12.3 Å². The number of alkyl halides is 3. The molecule has 0 aliphatic carbocycles. The van der Waals surface area contributed by atoms with Crippen LogP contribution in [0.25, 0.3) is 0 Å². The first kappa shape index (κ1) is 15.3. The number of halogens is 4. The van der Waals surface area contributed by atoms with Gasteiger partial charge in [-0.2, -0.15) is 0 Å². The average molecular weight is 280 g/mol. The van der Waals surface area contributed by atoms with Crippen molar-refractivity contribution in [3.8, 4) is 5.75 Å². The van der Waals surface area contributed by atoms with Crippen LogP contribution in [0.2, 0.25) is 0 Å². The summed E-state index contributed by atoms with van der Waals surface area (Å²) in [5, 5.41) is 8.42. The van der Waals surface area contributed by atoms with Crippen molar-refractivity contribution in [2.75, 3.05) is 0 Å². The molecule has 7 heteroatoms. The summed E-state index contributed by atoms with van der Waals surface area (Å²) in [6.07, 6.45) is -4.01. The van der Waals surface area contributed by atoms with Gasteiger partial charge in [-0.05, 0) is 43.0 Å². The molecule has 0 spiro atoms. The molecule has 0 saturated carbocycles. The van der Waals surface area contributed by atoms with Gasteiger partial charge in [-0.1, -0.05) is 0 Å². The number of benzene rings is 1. The lowest BCUT2D eigenvalue weighted by Gasteiger charge is -2.10. The molecule has 0 aromatic heterocycles. The quantitative estimate of drug-likeness (QED) is 0.640. The van der Waals surface area contributed by atoms with Crippen LogP contribution in [0.1, 0.15) is 24.8 Å². The van der Waals surface area contributed by atoms with E-state index in [1.54, 1.807) is 0 Å². The van der Waals surface area contributed by atoms with E-state index in [1.807, 2.05) is 0 Å². The largest absolute Gasteiger partial charge is 0.573 e. The minimum atomic E-state index is -4.82. The molecule has 0 bridgehead atoms. The van der Waals surface area contributed by atoms with Crippen LogP contribution in [-0.4, -0.2) is 17.4 Å². The van der Waals surface area contributed by atoms with E-state index in [2.05, 4.69) is 4.74 Å². The highest BCUT2D eigenvalue weighted by Gasteiger charge is 2.31. The highest BCUT2D eigenvalue weighted by Crippen LogP contribution is 2.25. The van der Waals surface area contributed by atoms with E-state index in [0.717, 1.165) is 18.2 Å². The second-order valence-corrected chi connectivity index (χ2v) is 3.90. The van der Waals surface area contributed by atoms with Gasteiger partial charge in [0.1, 0.15) is 11.6 Å². The Labute approximate surface area is 106 Å². The fourth-order valence-electron chi connectivity index (χ4n) is 1.53. The van der Waals surface area contributed by atoms with Crippen LogP contribution in [0.15, 0.2) is 18.2 Å². The van der Waals surface area contributed by atoms with E-state index in [4.69, 9.17) is 5.11 Å². The molecule has 0 heterocycles. The molecular weight excluding hydrogens is 268 g/mol. The SMILES string of the molecule is O=C(O)CCCCc1cc(OC(F)(F)F)ccc1F. The average Bonchev–Trinajstić information content (AvgIpc) is 2.26. The molecule has 1 rings (SSSR count). The molecule has 0 unspecified atom stereocenters. The van der Waals surface area contributed by atoms with Crippen LogP contribution < -0.4 is 4.74 Å². The zero-order chi connectivity index (χ0) is 14.5. The summed E-state index contributed by atoms with van der Waals surface area (Å²) in [6.45, 7) is 0. The Morgan fingerprint density at radius 2 is 1.95 bits per heavy atom. The third-order valence-electron chi connectivity index (χ3n) is 2.34. The third kappa shape index (κ3) is 6.08. The molecule has 1 aromatic rings. The third-order valence-corrected chi connectivity index (χ3v) is 2.34. The van der Waals surface area contributed by atoms with Gasteiger partial charge in [-0.25, -0.2) is 4.39 Å². The van der Waals surface area contributed by atoms with Crippen molar-refractivity contribution in [2.45, 2.75) is 32.0 Å². The van der Waals surface area contributed by atoms with Crippen LogP contribution in [0.3, 0.4) is 0 Å². The zero-order valence-corrected chi connectivity index (χ0v) is 9.84. The van der Waals surface area contributed by atoms with Crippen LogP contribution in [0, 0.1) is 5.82 Å². The van der Waals surface area contributed by atoms with Crippen molar-refractivity contribution in [2.24, 2.45) is 0 Å². The number of hydrogen-bond donors (Lipinski definition) is 1. The predicted molar refractivity (Wildman–Crippen MR) is 58.3 cm³/mol. The lowest BCUT2D eigenvalue weighted by atomic mass is 10.1. The lowest BCUT2D eigenvalue weighted by Crippen LogP contribution is -2.17. The minimum Gasteiger partial charge on any atom is -0.481 e. The monoisotopic (exact) mass is 280 g/mol. The van der Waals surface area contributed by atoms with Crippen LogP contribution in [0.4, 0.5) is 17.6 Å². The summed E-state index contributed by atoms with van der Waals surface area (Å²) in [6, 6.07) is 2.76. The van der Waals surface area contributed by atoms with Gasteiger partial charge in [-0.15, -0.1) is 13.2 Å². The molecular formula is C12H12F4O3. The first-order valence-electron chi connectivity index (χ1n) is 5.54. The minimum absolute atomic E-state index is 0.0552. The standard InChI is InChI=1S/C12H12F4O3/c13-10-6-5-9(19-12(14,15)16)7-8(10)3-1-2-4-11(17)18/h5-7H,1-4H2,(H,17,18). The number of ether oxygens (including phenoxy) is 1. The van der Waals surface area contributed by atoms with E-state index in [-0.39, 0.29) is 18.4 Å². The normalized spacial score (nSPS) is 11.4. The van der Waals surface area contributed by atoms with Crippen LogP contribution in [0.5, 0.6) is 5.75 Å². The molecule has 0 amide bonds. The fourth-order valence-corrected chi connectivity index (χ4v) is 1.53. The molecule has 3 nitrogen and oxygen atoms in total. The number of carbonyl (C=O) groups is 1. The maximum atomic E-state index is 13.3. The number of rotatable bonds is 6. The van der Waals surface area contributed by atoms with Gasteiger partial charge in [0.2, 0.25) is 0 Å². The van der Waals surface area contributed by atoms with E-state index in [1.165, 1.54) is 0 Å². The Bertz CT molecular complexity index is 443. The lowest BCUT2D eigenvalue weighted by molar-refractivity contribution is -0.274. The number of hydrogen-bond acceptors (Lipinski definition) is 2. The van der Waals surface area contributed by atoms with Crippen molar-refractivity contribution < 1.29 is 32.2 Å². The van der Waals surface area contributed by atoms with E-state index in [0.29, 0.717) is 12.8 Å². The predicted octanol–water partition coefficient (Wildman–Crippen LogP) is 3.52. The number of unbranched alkanes of at least 4 members (excludes halogenated alkanes) is 1. The summed E-state index contributed by atoms with van der Waals surface area (Å²) in [5.74, 6) is -2.08. The Kier molecular flexibility index (Phi) is 5.14. The van der Waals surface area contributed by atoms with Gasteiger partial charge in [0, 0.05) is 6.42 Å². The van der Waals surface area contributed by atoms with E-state index >= 15 is 0 Å². The maximum Gasteiger partial charge on any atom is 0.573 e. The number of carboxylic acids is 1. The first-order valence-corrected chi connectivity index (χ1v) is 5.54. The summed E-state index contributed by atoms with van der Waals surface area (Å²) in [7, 11) is 0. The fraction of sp³-hybridized carbons (Fsp3) is 0.417. The van der Waals surface area contributed by atoms with Crippen LogP contribution in [-0.2, 0) is 11.2 Å². The second-order valence-electron chi connectivity index (χ2n) is 3.90. The molecule has 0 saturated heterocycles. The summed E-state index contributed by atoms with van der Waals surface area (Å²) in [5.41, 5.74) is 0.0761. The number of aryl methyl sites for hydroxylation is 1. The smallest absolute Gasteiger partial charge is 0.481 e. The Morgan fingerprint density at radius 1 is 1.26 bits per heavy atom.